The first-order chi connectivity index (χ1) is 17.9. The second-order valence-corrected chi connectivity index (χ2v) is 9.43. The molecular formula is C24H18BrF9N2O3. The largest absolute Gasteiger partial charge is 0.573 e. The first kappa shape index (κ1) is 30.3. The Morgan fingerprint density at radius 3 is 2.21 bits per heavy atom. The van der Waals surface area contributed by atoms with E-state index in [1.807, 2.05) is 0 Å². The van der Waals surface area contributed by atoms with Gasteiger partial charge in [-0.15, -0.1) is 13.2 Å². The van der Waals surface area contributed by atoms with Crippen LogP contribution in [0.15, 0.2) is 53.0 Å². The van der Waals surface area contributed by atoms with E-state index in [0.717, 1.165) is 30.4 Å². The van der Waals surface area contributed by atoms with Crippen molar-refractivity contribution in [2.45, 2.75) is 43.0 Å². The number of nitrogens with one attached hydrogen (secondary N) is 2. The summed E-state index contributed by atoms with van der Waals surface area (Å²) < 4.78 is 119. The number of rotatable bonds is 8. The number of hydrogen-bond acceptors (Lipinski definition) is 3. The van der Waals surface area contributed by atoms with Gasteiger partial charge in [-0.3, -0.25) is 9.59 Å². The van der Waals surface area contributed by atoms with Gasteiger partial charge in [0.2, 0.25) is 5.91 Å². The molecule has 1 aliphatic rings. The Kier molecular flexibility index (Phi) is 8.63. The Morgan fingerprint density at radius 2 is 1.67 bits per heavy atom. The third-order valence-corrected chi connectivity index (χ3v) is 6.17. The summed E-state index contributed by atoms with van der Waals surface area (Å²) in [6.45, 7) is -1.56. The second kappa shape index (κ2) is 11.1. The first-order valence-corrected chi connectivity index (χ1v) is 11.8. The molecule has 1 atom stereocenters. The van der Waals surface area contributed by atoms with Crippen LogP contribution in [0.4, 0.5) is 39.5 Å². The van der Waals surface area contributed by atoms with E-state index in [4.69, 9.17) is 0 Å². The number of carbonyl (C=O) groups is 2. The maximum absolute atomic E-state index is 13.7. The van der Waals surface area contributed by atoms with Crippen LogP contribution in [0.1, 0.15) is 40.2 Å². The number of ether oxygens (including phenoxy) is 1. The van der Waals surface area contributed by atoms with Crippen LogP contribution in [0.2, 0.25) is 0 Å². The van der Waals surface area contributed by atoms with Crippen molar-refractivity contribution in [3.63, 3.8) is 0 Å². The molecule has 1 fully saturated rings. The number of benzene rings is 2. The van der Waals surface area contributed by atoms with Gasteiger partial charge in [0.05, 0.1) is 11.5 Å². The smallest absolute Gasteiger partial charge is 0.406 e. The lowest BCUT2D eigenvalue weighted by atomic mass is 9.96. The normalized spacial score (nSPS) is 16.1. The number of alkyl halides is 9. The molecule has 0 spiro atoms. The zero-order valence-corrected chi connectivity index (χ0v) is 21.0. The van der Waals surface area contributed by atoms with Crippen LogP contribution in [0.3, 0.4) is 0 Å². The summed E-state index contributed by atoms with van der Waals surface area (Å²) in [5.74, 6) is -4.90. The molecular weight excluding hydrogens is 615 g/mol. The Hall–Kier alpha value is -3.23. The molecule has 0 bridgehead atoms. The maximum atomic E-state index is 13.7. The quantitative estimate of drug-likeness (QED) is 0.320. The molecule has 0 saturated heterocycles. The fraction of sp³-hybridized carbons (Fsp3) is 0.333. The van der Waals surface area contributed by atoms with Crippen LogP contribution < -0.4 is 15.4 Å². The Morgan fingerprint density at radius 1 is 1.00 bits per heavy atom. The minimum absolute atomic E-state index is 0.0357. The molecule has 212 valence electrons. The van der Waals surface area contributed by atoms with Crippen molar-refractivity contribution < 1.29 is 53.8 Å². The van der Waals surface area contributed by atoms with E-state index in [9.17, 15) is 49.1 Å². The highest BCUT2D eigenvalue weighted by Gasteiger charge is 2.52. The third kappa shape index (κ3) is 8.63. The highest BCUT2D eigenvalue weighted by atomic mass is 79.9. The predicted octanol–water partition coefficient (Wildman–Crippen LogP) is 6.65. The van der Waals surface area contributed by atoms with Crippen LogP contribution >= 0.6 is 15.9 Å². The van der Waals surface area contributed by atoms with Crippen LogP contribution in [-0.2, 0) is 4.79 Å². The monoisotopic (exact) mass is 632 g/mol. The maximum Gasteiger partial charge on any atom is 0.573 e. The van der Waals surface area contributed by atoms with Gasteiger partial charge in [0.1, 0.15) is 17.8 Å². The van der Waals surface area contributed by atoms with Crippen molar-refractivity contribution in [3.8, 4) is 5.75 Å². The molecule has 3 rings (SSSR count). The van der Waals surface area contributed by atoms with E-state index >= 15 is 0 Å². The summed E-state index contributed by atoms with van der Waals surface area (Å²) in [6.07, 6.45) is -12.6. The van der Waals surface area contributed by atoms with E-state index in [0.29, 0.717) is 6.07 Å². The molecule has 2 N–H and O–H groups in total. The van der Waals surface area contributed by atoms with Gasteiger partial charge in [0, 0.05) is 4.47 Å². The van der Waals surface area contributed by atoms with Gasteiger partial charge in [-0.1, -0.05) is 30.4 Å². The zero-order chi connectivity index (χ0) is 29.2. The van der Waals surface area contributed by atoms with Crippen LogP contribution in [0.25, 0.3) is 6.08 Å². The van der Waals surface area contributed by atoms with Gasteiger partial charge in [-0.2, -0.15) is 26.3 Å². The predicted molar refractivity (Wildman–Crippen MR) is 124 cm³/mol. The highest BCUT2D eigenvalue weighted by molar-refractivity contribution is 9.10. The molecule has 5 nitrogen and oxygen atoms in total. The highest BCUT2D eigenvalue weighted by Crippen LogP contribution is 2.39. The minimum Gasteiger partial charge on any atom is -0.406 e. The van der Waals surface area contributed by atoms with E-state index < -0.39 is 59.8 Å². The molecule has 1 saturated carbocycles. The fourth-order valence-corrected chi connectivity index (χ4v) is 4.09. The molecule has 0 aromatic heterocycles. The van der Waals surface area contributed by atoms with Crippen molar-refractivity contribution in [2.24, 2.45) is 0 Å². The van der Waals surface area contributed by atoms with Gasteiger partial charge in [-0.25, -0.2) is 0 Å². The topological polar surface area (TPSA) is 67.4 Å². The SMILES string of the molecule is O=C(NC1(C(=O)NCC(F)(F)F)CC1)c1ccc(C=CC(c2cccc(OC(F)(F)F)c2)C(F)(F)F)cc1Br. The van der Waals surface area contributed by atoms with Gasteiger partial charge >= 0.3 is 18.7 Å². The number of allylic oxidation sites excluding steroid dienone is 1. The zero-order valence-electron chi connectivity index (χ0n) is 19.4. The van der Waals surface area contributed by atoms with E-state index in [1.54, 1.807) is 5.32 Å². The standard InChI is InChI=1S/C24H18BrF9N2O3/c25-18-10-13(4-6-16(18)19(37)36-21(8-9-21)20(38)35-12-22(26,27)28)5-7-17(23(29,30)31)14-2-1-3-15(11-14)39-24(32,33)34/h1-7,10-11,17H,8-9,12H2,(H,35,38)(H,36,37). The average Bonchev–Trinajstić information content (AvgIpc) is 3.56. The molecule has 0 heterocycles. The lowest BCUT2D eigenvalue weighted by Crippen LogP contribution is -2.50. The number of hydrogen-bond donors (Lipinski definition) is 2. The number of halogens is 10. The third-order valence-electron chi connectivity index (χ3n) is 5.51. The van der Waals surface area contributed by atoms with E-state index in [1.165, 1.54) is 18.2 Å². The molecule has 1 aliphatic carbocycles. The summed E-state index contributed by atoms with van der Waals surface area (Å²) in [5.41, 5.74) is -1.86. The summed E-state index contributed by atoms with van der Waals surface area (Å²) in [4.78, 5) is 24.8. The van der Waals surface area contributed by atoms with Gasteiger partial charge < -0.3 is 15.4 Å². The van der Waals surface area contributed by atoms with Crippen LogP contribution in [0, 0.1) is 0 Å². The molecule has 15 heteroatoms. The average molecular weight is 633 g/mol. The van der Waals surface area contributed by atoms with E-state index in [2.05, 4.69) is 26.0 Å². The molecule has 2 aromatic rings. The number of amides is 2. The van der Waals surface area contributed by atoms with Gasteiger partial charge in [-0.05, 0) is 64.2 Å². The molecule has 2 aromatic carbocycles. The van der Waals surface area contributed by atoms with Crippen LogP contribution in [-0.4, -0.2) is 42.6 Å². The van der Waals surface area contributed by atoms with Crippen molar-refractivity contribution in [1.82, 2.24) is 10.6 Å². The molecule has 2 amide bonds. The summed E-state index contributed by atoms with van der Waals surface area (Å²) in [5, 5.41) is 4.10. The van der Waals surface area contributed by atoms with Crippen molar-refractivity contribution in [3.05, 3.63) is 69.7 Å². The lowest BCUT2D eigenvalue weighted by molar-refractivity contribution is -0.274. The summed E-state index contributed by atoms with van der Waals surface area (Å²) in [7, 11) is 0. The Labute approximate surface area is 223 Å². The Bertz CT molecular complexity index is 1250. The summed E-state index contributed by atoms with van der Waals surface area (Å²) >= 11 is 3.11. The van der Waals surface area contributed by atoms with Crippen LogP contribution in [0.5, 0.6) is 5.75 Å². The first-order valence-electron chi connectivity index (χ1n) is 11.0. The van der Waals surface area contributed by atoms with Crippen molar-refractivity contribution >= 4 is 33.8 Å². The molecule has 0 radical (unpaired) electrons. The Balaban J connectivity index is 1.75. The van der Waals surface area contributed by atoms with Crippen molar-refractivity contribution in [2.75, 3.05) is 6.54 Å². The lowest BCUT2D eigenvalue weighted by Gasteiger charge is -2.19. The second-order valence-electron chi connectivity index (χ2n) is 8.57. The summed E-state index contributed by atoms with van der Waals surface area (Å²) in [6, 6.07) is 7.25. The van der Waals surface area contributed by atoms with Gasteiger partial charge in [0.25, 0.3) is 5.91 Å². The molecule has 39 heavy (non-hydrogen) atoms. The molecule has 1 unspecified atom stereocenters. The minimum atomic E-state index is -5.09. The molecule has 0 aliphatic heterocycles. The fourth-order valence-electron chi connectivity index (χ4n) is 3.51. The number of carbonyl (C=O) groups excluding carboxylic acids is 2. The van der Waals surface area contributed by atoms with Crippen molar-refractivity contribution in [1.29, 1.82) is 0 Å². The van der Waals surface area contributed by atoms with Gasteiger partial charge in [0.15, 0.2) is 0 Å². The van der Waals surface area contributed by atoms with E-state index in [-0.39, 0.29) is 28.4 Å².